The van der Waals surface area contributed by atoms with Crippen LogP contribution in [0.1, 0.15) is 30.9 Å². The van der Waals surface area contributed by atoms with Crippen molar-refractivity contribution in [3.05, 3.63) is 35.4 Å². The third-order valence-electron chi connectivity index (χ3n) is 2.95. The van der Waals surface area contributed by atoms with Gasteiger partial charge in [-0.3, -0.25) is 4.79 Å². The van der Waals surface area contributed by atoms with Gasteiger partial charge in [0.05, 0.1) is 0 Å². The van der Waals surface area contributed by atoms with Crippen molar-refractivity contribution in [3.8, 4) is 0 Å². The smallest absolute Gasteiger partial charge is 0.315 e. The maximum Gasteiger partial charge on any atom is 0.315 e. The van der Waals surface area contributed by atoms with Crippen LogP contribution in [0.5, 0.6) is 0 Å². The Labute approximate surface area is 119 Å². The Hall–Kier alpha value is -2.04. The van der Waals surface area contributed by atoms with E-state index in [4.69, 9.17) is 5.11 Å². The molecule has 0 aliphatic rings. The largest absolute Gasteiger partial charge is 0.481 e. The quantitative estimate of drug-likeness (QED) is 0.714. The van der Waals surface area contributed by atoms with Crippen molar-refractivity contribution in [2.75, 3.05) is 6.54 Å². The molecule has 1 rings (SSSR count). The van der Waals surface area contributed by atoms with Crippen LogP contribution in [-0.4, -0.2) is 29.7 Å². The van der Waals surface area contributed by atoms with E-state index in [2.05, 4.69) is 16.7 Å². The Morgan fingerprint density at radius 3 is 2.75 bits per heavy atom. The van der Waals surface area contributed by atoms with Crippen molar-refractivity contribution in [2.24, 2.45) is 0 Å². The number of aryl methyl sites for hydroxylation is 1. The van der Waals surface area contributed by atoms with Gasteiger partial charge < -0.3 is 15.7 Å². The molecule has 1 aromatic rings. The first kappa shape index (κ1) is 16.0. The van der Waals surface area contributed by atoms with Gasteiger partial charge >= 0.3 is 12.0 Å². The molecule has 110 valence electrons. The summed E-state index contributed by atoms with van der Waals surface area (Å²) in [5.74, 6) is -0.849. The van der Waals surface area contributed by atoms with Gasteiger partial charge in [0.15, 0.2) is 0 Å². The summed E-state index contributed by atoms with van der Waals surface area (Å²) in [4.78, 5) is 22.0. The molecule has 0 aromatic heterocycles. The summed E-state index contributed by atoms with van der Waals surface area (Å²) in [6, 6.07) is 7.75. The maximum atomic E-state index is 11.6. The summed E-state index contributed by atoms with van der Waals surface area (Å²) >= 11 is 0. The third-order valence-corrected chi connectivity index (χ3v) is 2.95. The van der Waals surface area contributed by atoms with Crippen LogP contribution in [0.2, 0.25) is 0 Å². The molecule has 2 amide bonds. The number of hydrogen-bond acceptors (Lipinski definition) is 2. The highest BCUT2D eigenvalue weighted by Gasteiger charge is 2.08. The lowest BCUT2D eigenvalue weighted by Gasteiger charge is -2.13. The third kappa shape index (κ3) is 6.78. The van der Waals surface area contributed by atoms with Crippen molar-refractivity contribution in [1.82, 2.24) is 10.6 Å². The van der Waals surface area contributed by atoms with Gasteiger partial charge in [-0.05, 0) is 32.3 Å². The predicted molar refractivity (Wildman–Crippen MR) is 77.7 cm³/mol. The predicted octanol–water partition coefficient (Wildman–Crippen LogP) is 2.09. The number of carboxylic acid groups (broad SMARTS) is 1. The van der Waals surface area contributed by atoms with Gasteiger partial charge in [0.1, 0.15) is 0 Å². The Balaban J connectivity index is 2.21. The molecule has 0 spiro atoms. The highest BCUT2D eigenvalue weighted by Crippen LogP contribution is 2.03. The van der Waals surface area contributed by atoms with Crippen LogP contribution in [0.3, 0.4) is 0 Å². The average molecular weight is 278 g/mol. The lowest BCUT2D eigenvalue weighted by atomic mass is 10.1. The summed E-state index contributed by atoms with van der Waals surface area (Å²) in [5, 5.41) is 14.0. The molecule has 0 saturated heterocycles. The first-order valence-electron chi connectivity index (χ1n) is 6.79. The molecule has 0 radical (unpaired) electrons. The fourth-order valence-corrected chi connectivity index (χ4v) is 1.87. The number of amides is 2. The molecule has 20 heavy (non-hydrogen) atoms. The Bertz CT molecular complexity index is 460. The number of aliphatic carboxylic acids is 1. The molecule has 0 heterocycles. The summed E-state index contributed by atoms with van der Waals surface area (Å²) < 4.78 is 0. The van der Waals surface area contributed by atoms with Crippen molar-refractivity contribution < 1.29 is 14.7 Å². The Morgan fingerprint density at radius 2 is 2.10 bits per heavy atom. The van der Waals surface area contributed by atoms with E-state index in [-0.39, 0.29) is 18.5 Å². The monoisotopic (exact) mass is 278 g/mol. The first-order valence-corrected chi connectivity index (χ1v) is 6.79. The molecule has 0 fully saturated rings. The second-order valence-corrected chi connectivity index (χ2v) is 4.97. The summed E-state index contributed by atoms with van der Waals surface area (Å²) in [6.07, 6.45) is 1.27. The normalized spacial score (nSPS) is 11.7. The first-order chi connectivity index (χ1) is 9.47. The van der Waals surface area contributed by atoms with Crippen LogP contribution in [0.15, 0.2) is 24.3 Å². The van der Waals surface area contributed by atoms with Gasteiger partial charge in [0.25, 0.3) is 0 Å². The molecule has 0 saturated carbocycles. The molecular weight excluding hydrogens is 256 g/mol. The zero-order valence-corrected chi connectivity index (χ0v) is 12.0. The topological polar surface area (TPSA) is 78.4 Å². The van der Waals surface area contributed by atoms with Gasteiger partial charge in [-0.25, -0.2) is 4.79 Å². The van der Waals surface area contributed by atoms with E-state index in [9.17, 15) is 9.59 Å². The molecule has 1 unspecified atom stereocenters. The van der Waals surface area contributed by atoms with Crippen molar-refractivity contribution in [2.45, 2.75) is 39.2 Å². The van der Waals surface area contributed by atoms with Crippen molar-refractivity contribution >= 4 is 12.0 Å². The van der Waals surface area contributed by atoms with E-state index in [0.29, 0.717) is 13.0 Å². The molecule has 0 aliphatic carbocycles. The summed E-state index contributed by atoms with van der Waals surface area (Å²) in [6.45, 7) is 4.39. The van der Waals surface area contributed by atoms with E-state index in [1.807, 2.05) is 25.1 Å². The molecule has 1 aromatic carbocycles. The lowest BCUT2D eigenvalue weighted by Crippen LogP contribution is -2.41. The molecule has 3 N–H and O–H groups in total. The number of nitrogens with one attached hydrogen (secondary N) is 2. The van der Waals surface area contributed by atoms with Crippen LogP contribution in [0.25, 0.3) is 0 Å². The highest BCUT2D eigenvalue weighted by atomic mass is 16.4. The van der Waals surface area contributed by atoms with E-state index < -0.39 is 5.97 Å². The second-order valence-electron chi connectivity index (χ2n) is 4.97. The van der Waals surface area contributed by atoms with Gasteiger partial charge in [0, 0.05) is 19.0 Å². The van der Waals surface area contributed by atoms with E-state index in [1.54, 1.807) is 6.92 Å². The highest BCUT2D eigenvalue weighted by molar-refractivity contribution is 5.74. The zero-order chi connectivity index (χ0) is 15.0. The van der Waals surface area contributed by atoms with Crippen molar-refractivity contribution in [3.63, 3.8) is 0 Å². The number of benzene rings is 1. The molecule has 1 atom stereocenters. The van der Waals surface area contributed by atoms with Crippen LogP contribution in [0, 0.1) is 6.92 Å². The minimum Gasteiger partial charge on any atom is -0.481 e. The number of hydrogen-bond donors (Lipinski definition) is 3. The molecule has 0 bridgehead atoms. The number of carboxylic acids is 1. The SMILES string of the molecule is Cc1cccc(CCNC(=O)NC(C)CCC(=O)O)c1. The minimum absolute atomic E-state index is 0.0603. The molecule has 5 heteroatoms. The second kappa shape index (κ2) is 8.19. The summed E-state index contributed by atoms with van der Waals surface area (Å²) in [7, 11) is 0. The minimum atomic E-state index is -0.849. The van der Waals surface area contributed by atoms with E-state index >= 15 is 0 Å². The fraction of sp³-hybridized carbons (Fsp3) is 0.467. The van der Waals surface area contributed by atoms with Gasteiger partial charge in [-0.1, -0.05) is 29.8 Å². The Morgan fingerprint density at radius 1 is 1.35 bits per heavy atom. The van der Waals surface area contributed by atoms with Crippen LogP contribution in [0.4, 0.5) is 4.79 Å². The van der Waals surface area contributed by atoms with Crippen molar-refractivity contribution in [1.29, 1.82) is 0 Å². The summed E-state index contributed by atoms with van der Waals surface area (Å²) in [5.41, 5.74) is 2.39. The standard InChI is InChI=1S/C15H22N2O3/c1-11-4-3-5-13(10-11)8-9-16-15(20)17-12(2)6-7-14(18)19/h3-5,10,12H,6-9H2,1-2H3,(H,18,19)(H2,16,17,20). The Kier molecular flexibility index (Phi) is 6.56. The number of carbonyl (C=O) groups is 2. The fourth-order valence-electron chi connectivity index (χ4n) is 1.87. The number of rotatable bonds is 7. The van der Waals surface area contributed by atoms with Crippen LogP contribution < -0.4 is 10.6 Å². The average Bonchev–Trinajstić information content (AvgIpc) is 2.36. The number of carbonyl (C=O) groups excluding carboxylic acids is 1. The van der Waals surface area contributed by atoms with Crippen LogP contribution >= 0.6 is 0 Å². The maximum absolute atomic E-state index is 11.6. The molecule has 5 nitrogen and oxygen atoms in total. The van der Waals surface area contributed by atoms with E-state index in [0.717, 1.165) is 6.42 Å². The molecular formula is C15H22N2O3. The van der Waals surface area contributed by atoms with Gasteiger partial charge in [-0.2, -0.15) is 0 Å². The van der Waals surface area contributed by atoms with Gasteiger partial charge in [0.2, 0.25) is 0 Å². The zero-order valence-electron chi connectivity index (χ0n) is 12.0. The lowest BCUT2D eigenvalue weighted by molar-refractivity contribution is -0.137. The van der Waals surface area contributed by atoms with Crippen LogP contribution in [-0.2, 0) is 11.2 Å². The number of urea groups is 1. The van der Waals surface area contributed by atoms with Gasteiger partial charge in [-0.15, -0.1) is 0 Å². The molecule has 0 aliphatic heterocycles. The van der Waals surface area contributed by atoms with E-state index in [1.165, 1.54) is 11.1 Å².